The Labute approximate surface area is 103 Å². The monoisotopic (exact) mass is 235 g/mol. The van der Waals surface area contributed by atoms with E-state index in [1.807, 2.05) is 19.2 Å². The van der Waals surface area contributed by atoms with Crippen molar-refractivity contribution in [1.29, 1.82) is 0 Å². The zero-order chi connectivity index (χ0) is 12.8. The van der Waals surface area contributed by atoms with Crippen LogP contribution in [0.1, 0.15) is 30.6 Å². The lowest BCUT2D eigenvalue weighted by Crippen LogP contribution is -2.28. The molecule has 0 fully saturated rings. The Hall–Kier alpha value is -1.51. The van der Waals surface area contributed by atoms with E-state index in [4.69, 9.17) is 4.74 Å². The summed E-state index contributed by atoms with van der Waals surface area (Å²) < 4.78 is 5.06. The lowest BCUT2D eigenvalue weighted by atomic mass is 10.1. The standard InChI is InChI=1S/C14H21NO2/c1-11(2)9-10-15(3)14(16)12-5-7-13(17-4)8-6-12/h5-8,11H,9-10H2,1-4H3. The number of methoxy groups -OCH3 is 1. The third-order valence-corrected chi connectivity index (χ3v) is 2.73. The van der Waals surface area contributed by atoms with E-state index in [1.54, 1.807) is 24.1 Å². The van der Waals surface area contributed by atoms with Crippen molar-refractivity contribution < 1.29 is 9.53 Å². The SMILES string of the molecule is COc1ccc(C(=O)N(C)CCC(C)C)cc1. The normalized spacial score (nSPS) is 10.4. The van der Waals surface area contributed by atoms with Gasteiger partial charge in [0, 0.05) is 19.2 Å². The van der Waals surface area contributed by atoms with Gasteiger partial charge in [-0.15, -0.1) is 0 Å². The molecule has 0 aliphatic carbocycles. The predicted octanol–water partition coefficient (Wildman–Crippen LogP) is 2.81. The maximum absolute atomic E-state index is 12.0. The van der Waals surface area contributed by atoms with Crippen molar-refractivity contribution in [1.82, 2.24) is 4.90 Å². The average molecular weight is 235 g/mol. The molecule has 1 aromatic carbocycles. The fraction of sp³-hybridized carbons (Fsp3) is 0.500. The molecule has 0 N–H and O–H groups in total. The Bertz CT molecular complexity index is 357. The van der Waals surface area contributed by atoms with E-state index in [0.717, 1.165) is 18.7 Å². The molecule has 0 heterocycles. The van der Waals surface area contributed by atoms with Crippen LogP contribution in [-0.4, -0.2) is 31.5 Å². The summed E-state index contributed by atoms with van der Waals surface area (Å²) in [7, 11) is 3.46. The third-order valence-electron chi connectivity index (χ3n) is 2.73. The van der Waals surface area contributed by atoms with E-state index in [9.17, 15) is 4.79 Å². The summed E-state index contributed by atoms with van der Waals surface area (Å²) in [5.74, 6) is 1.45. The minimum atomic E-state index is 0.0632. The lowest BCUT2D eigenvalue weighted by Gasteiger charge is -2.18. The van der Waals surface area contributed by atoms with E-state index < -0.39 is 0 Å². The van der Waals surface area contributed by atoms with Gasteiger partial charge in [0.1, 0.15) is 5.75 Å². The van der Waals surface area contributed by atoms with E-state index in [0.29, 0.717) is 11.5 Å². The molecule has 0 radical (unpaired) electrons. The highest BCUT2D eigenvalue weighted by atomic mass is 16.5. The number of benzene rings is 1. The third kappa shape index (κ3) is 4.10. The minimum absolute atomic E-state index is 0.0632. The lowest BCUT2D eigenvalue weighted by molar-refractivity contribution is 0.0789. The highest BCUT2D eigenvalue weighted by Gasteiger charge is 2.11. The maximum atomic E-state index is 12.0. The molecule has 1 amide bonds. The highest BCUT2D eigenvalue weighted by Crippen LogP contribution is 2.13. The molecule has 1 rings (SSSR count). The van der Waals surface area contributed by atoms with Crippen LogP contribution in [0.15, 0.2) is 24.3 Å². The smallest absolute Gasteiger partial charge is 0.253 e. The maximum Gasteiger partial charge on any atom is 0.253 e. The van der Waals surface area contributed by atoms with Crippen molar-refractivity contribution in [2.45, 2.75) is 20.3 Å². The zero-order valence-corrected chi connectivity index (χ0v) is 11.1. The number of hydrogen-bond acceptors (Lipinski definition) is 2. The quantitative estimate of drug-likeness (QED) is 0.785. The van der Waals surface area contributed by atoms with Crippen molar-refractivity contribution in [3.05, 3.63) is 29.8 Å². The zero-order valence-electron chi connectivity index (χ0n) is 11.1. The van der Waals surface area contributed by atoms with Crippen LogP contribution < -0.4 is 4.74 Å². The van der Waals surface area contributed by atoms with Crippen molar-refractivity contribution in [3.63, 3.8) is 0 Å². The number of amides is 1. The molecule has 3 heteroatoms. The molecule has 0 spiro atoms. The molecule has 0 aliphatic rings. The minimum Gasteiger partial charge on any atom is -0.497 e. The van der Waals surface area contributed by atoms with Crippen LogP contribution >= 0.6 is 0 Å². The molecule has 0 atom stereocenters. The molecular weight excluding hydrogens is 214 g/mol. The van der Waals surface area contributed by atoms with Gasteiger partial charge in [-0.3, -0.25) is 4.79 Å². The number of rotatable bonds is 5. The summed E-state index contributed by atoms with van der Waals surface area (Å²) >= 11 is 0. The summed E-state index contributed by atoms with van der Waals surface area (Å²) in [4.78, 5) is 13.8. The second kappa shape index (κ2) is 6.28. The summed E-state index contributed by atoms with van der Waals surface area (Å²) in [6, 6.07) is 7.22. The first-order chi connectivity index (χ1) is 8.04. The highest BCUT2D eigenvalue weighted by molar-refractivity contribution is 5.94. The number of carbonyl (C=O) groups is 1. The summed E-state index contributed by atoms with van der Waals surface area (Å²) in [5, 5.41) is 0. The van der Waals surface area contributed by atoms with Gasteiger partial charge < -0.3 is 9.64 Å². The Kier molecular flexibility index (Phi) is 5.01. The summed E-state index contributed by atoms with van der Waals surface area (Å²) in [6.45, 7) is 5.11. The van der Waals surface area contributed by atoms with Gasteiger partial charge in [-0.1, -0.05) is 13.8 Å². The van der Waals surface area contributed by atoms with Gasteiger partial charge in [0.25, 0.3) is 5.91 Å². The van der Waals surface area contributed by atoms with Crippen LogP contribution in [0.5, 0.6) is 5.75 Å². The number of hydrogen-bond donors (Lipinski definition) is 0. The first-order valence-electron chi connectivity index (χ1n) is 5.94. The molecule has 0 unspecified atom stereocenters. The van der Waals surface area contributed by atoms with Crippen LogP contribution in [0.3, 0.4) is 0 Å². The van der Waals surface area contributed by atoms with Gasteiger partial charge in [-0.05, 0) is 36.6 Å². The van der Waals surface area contributed by atoms with Crippen LogP contribution in [-0.2, 0) is 0 Å². The Morgan fingerprint density at radius 1 is 1.29 bits per heavy atom. The Morgan fingerprint density at radius 2 is 1.88 bits per heavy atom. The van der Waals surface area contributed by atoms with E-state index in [-0.39, 0.29) is 5.91 Å². The largest absolute Gasteiger partial charge is 0.497 e. The summed E-state index contributed by atoms with van der Waals surface area (Å²) in [6.07, 6.45) is 1.03. The van der Waals surface area contributed by atoms with Crippen molar-refractivity contribution in [2.75, 3.05) is 20.7 Å². The summed E-state index contributed by atoms with van der Waals surface area (Å²) in [5.41, 5.74) is 0.706. The molecule has 0 saturated heterocycles. The average Bonchev–Trinajstić information content (AvgIpc) is 2.35. The molecule has 0 aromatic heterocycles. The van der Waals surface area contributed by atoms with Gasteiger partial charge in [-0.25, -0.2) is 0 Å². The first-order valence-corrected chi connectivity index (χ1v) is 5.94. The Balaban J connectivity index is 2.61. The van der Waals surface area contributed by atoms with Gasteiger partial charge in [-0.2, -0.15) is 0 Å². The second-order valence-corrected chi connectivity index (χ2v) is 4.64. The number of carbonyl (C=O) groups excluding carboxylic acids is 1. The molecule has 0 aliphatic heterocycles. The second-order valence-electron chi connectivity index (χ2n) is 4.64. The number of ether oxygens (including phenoxy) is 1. The van der Waals surface area contributed by atoms with Crippen molar-refractivity contribution in [2.24, 2.45) is 5.92 Å². The fourth-order valence-corrected chi connectivity index (χ4v) is 1.51. The van der Waals surface area contributed by atoms with Gasteiger partial charge in [0.05, 0.1) is 7.11 Å². The van der Waals surface area contributed by atoms with E-state index in [1.165, 1.54) is 0 Å². The molecule has 1 aromatic rings. The van der Waals surface area contributed by atoms with Gasteiger partial charge in [0.15, 0.2) is 0 Å². The number of nitrogens with zero attached hydrogens (tertiary/aromatic N) is 1. The molecule has 17 heavy (non-hydrogen) atoms. The van der Waals surface area contributed by atoms with Crippen LogP contribution in [0.25, 0.3) is 0 Å². The van der Waals surface area contributed by atoms with Gasteiger partial charge in [0.2, 0.25) is 0 Å². The molecule has 0 saturated carbocycles. The fourth-order valence-electron chi connectivity index (χ4n) is 1.51. The first kappa shape index (κ1) is 13.6. The van der Waals surface area contributed by atoms with Crippen LogP contribution in [0.4, 0.5) is 0 Å². The van der Waals surface area contributed by atoms with Gasteiger partial charge >= 0.3 is 0 Å². The molecular formula is C14H21NO2. The Morgan fingerprint density at radius 3 is 2.35 bits per heavy atom. The van der Waals surface area contributed by atoms with Crippen molar-refractivity contribution >= 4 is 5.91 Å². The molecule has 94 valence electrons. The van der Waals surface area contributed by atoms with Crippen LogP contribution in [0.2, 0.25) is 0 Å². The molecule has 3 nitrogen and oxygen atoms in total. The van der Waals surface area contributed by atoms with Crippen molar-refractivity contribution in [3.8, 4) is 5.75 Å². The van der Waals surface area contributed by atoms with E-state index in [2.05, 4.69) is 13.8 Å². The molecule has 0 bridgehead atoms. The topological polar surface area (TPSA) is 29.5 Å². The van der Waals surface area contributed by atoms with Crippen LogP contribution in [0, 0.1) is 5.92 Å². The predicted molar refractivity (Wildman–Crippen MR) is 69.4 cm³/mol. The van der Waals surface area contributed by atoms with E-state index >= 15 is 0 Å².